The molecule has 1 rings (SSSR count). The summed E-state index contributed by atoms with van der Waals surface area (Å²) in [6, 6.07) is 0.678. The van der Waals surface area contributed by atoms with Crippen LogP contribution in [0.3, 0.4) is 0 Å². The summed E-state index contributed by atoms with van der Waals surface area (Å²) < 4.78 is 0. The number of nitrogens with one attached hydrogen (secondary N) is 1. The van der Waals surface area contributed by atoms with Crippen LogP contribution < -0.4 is 5.32 Å². The summed E-state index contributed by atoms with van der Waals surface area (Å²) in [6.07, 6.45) is 3.96. The Kier molecular flexibility index (Phi) is 4.39. The van der Waals surface area contributed by atoms with Crippen LogP contribution in [0, 0.1) is 0 Å². The molecular formula is C12H26N2. The highest BCUT2D eigenvalue weighted by atomic mass is 15.2. The number of nitrogens with zero attached hydrogens (tertiary/aromatic N) is 1. The molecule has 0 aromatic carbocycles. The van der Waals surface area contributed by atoms with E-state index in [1.165, 1.54) is 32.4 Å². The number of hydrogen-bond donors (Lipinski definition) is 1. The lowest BCUT2D eigenvalue weighted by molar-refractivity contribution is 0.155. The van der Waals surface area contributed by atoms with Gasteiger partial charge < -0.3 is 5.32 Å². The number of rotatable bonds is 5. The van der Waals surface area contributed by atoms with Gasteiger partial charge in [0.1, 0.15) is 0 Å². The van der Waals surface area contributed by atoms with Gasteiger partial charge >= 0.3 is 0 Å². The molecular weight excluding hydrogens is 172 g/mol. The summed E-state index contributed by atoms with van der Waals surface area (Å²) >= 11 is 0. The average Bonchev–Trinajstić information content (AvgIpc) is 2.45. The van der Waals surface area contributed by atoms with Crippen molar-refractivity contribution in [3.8, 4) is 0 Å². The quantitative estimate of drug-likeness (QED) is 0.729. The topological polar surface area (TPSA) is 15.3 Å². The third-order valence-corrected chi connectivity index (χ3v) is 3.50. The van der Waals surface area contributed by atoms with Crippen molar-refractivity contribution in [2.24, 2.45) is 0 Å². The molecule has 0 amide bonds. The maximum absolute atomic E-state index is 3.56. The molecule has 0 aromatic heterocycles. The Morgan fingerprint density at radius 1 is 1.36 bits per heavy atom. The fraction of sp³-hybridized carbons (Fsp3) is 1.00. The van der Waals surface area contributed by atoms with Gasteiger partial charge in [0.2, 0.25) is 0 Å². The van der Waals surface area contributed by atoms with Crippen LogP contribution in [0.25, 0.3) is 0 Å². The summed E-state index contributed by atoms with van der Waals surface area (Å²) in [5, 5.41) is 3.56. The van der Waals surface area contributed by atoms with Crippen LogP contribution in [-0.4, -0.2) is 36.1 Å². The summed E-state index contributed by atoms with van der Waals surface area (Å²) in [7, 11) is 0. The molecule has 2 nitrogen and oxygen atoms in total. The Morgan fingerprint density at radius 3 is 2.50 bits per heavy atom. The van der Waals surface area contributed by atoms with E-state index in [0.29, 0.717) is 11.6 Å². The van der Waals surface area contributed by atoms with Gasteiger partial charge in [-0.2, -0.15) is 0 Å². The molecule has 0 saturated carbocycles. The van der Waals surface area contributed by atoms with Gasteiger partial charge in [0, 0.05) is 18.1 Å². The van der Waals surface area contributed by atoms with Crippen molar-refractivity contribution in [2.45, 2.75) is 58.5 Å². The second-order valence-corrected chi connectivity index (χ2v) is 5.02. The first-order chi connectivity index (χ1) is 6.60. The lowest BCUT2D eigenvalue weighted by atomic mass is 10.0. The van der Waals surface area contributed by atoms with Crippen molar-refractivity contribution in [3.63, 3.8) is 0 Å². The Hall–Kier alpha value is -0.0800. The molecule has 2 heteroatoms. The molecule has 1 aliphatic heterocycles. The zero-order chi connectivity index (χ0) is 10.6. The first-order valence-corrected chi connectivity index (χ1v) is 6.08. The third kappa shape index (κ3) is 2.96. The molecule has 1 heterocycles. The summed E-state index contributed by atoms with van der Waals surface area (Å²) in [5.41, 5.74) is 0.433. The van der Waals surface area contributed by atoms with Crippen molar-refractivity contribution in [1.29, 1.82) is 0 Å². The van der Waals surface area contributed by atoms with Crippen LogP contribution in [-0.2, 0) is 0 Å². The lowest BCUT2D eigenvalue weighted by Gasteiger charge is -2.34. The number of hydrogen-bond acceptors (Lipinski definition) is 2. The third-order valence-electron chi connectivity index (χ3n) is 3.50. The van der Waals surface area contributed by atoms with Crippen molar-refractivity contribution in [2.75, 3.05) is 19.6 Å². The highest BCUT2D eigenvalue weighted by molar-refractivity contribution is 4.89. The SMILES string of the molecule is CCNC(CC)CN1CCCC1(C)C. The normalized spacial score (nSPS) is 24.0. The average molecular weight is 198 g/mol. The van der Waals surface area contributed by atoms with Gasteiger partial charge in [0.05, 0.1) is 0 Å². The fourth-order valence-corrected chi connectivity index (χ4v) is 2.39. The minimum absolute atomic E-state index is 0.433. The molecule has 1 aliphatic rings. The Morgan fingerprint density at radius 2 is 2.07 bits per heavy atom. The summed E-state index contributed by atoms with van der Waals surface area (Å²) in [6.45, 7) is 12.8. The molecule has 1 fully saturated rings. The Bertz CT molecular complexity index is 166. The molecule has 0 aromatic rings. The second-order valence-electron chi connectivity index (χ2n) is 5.02. The van der Waals surface area contributed by atoms with Crippen molar-refractivity contribution < 1.29 is 0 Å². The molecule has 1 N–H and O–H groups in total. The van der Waals surface area contributed by atoms with Gasteiger partial charge in [0.15, 0.2) is 0 Å². The molecule has 0 bridgehead atoms. The van der Waals surface area contributed by atoms with Crippen molar-refractivity contribution in [3.05, 3.63) is 0 Å². The zero-order valence-electron chi connectivity index (χ0n) is 10.3. The van der Waals surface area contributed by atoms with E-state index in [2.05, 4.69) is 37.9 Å². The Balaban J connectivity index is 2.41. The molecule has 0 radical (unpaired) electrons. The highest BCUT2D eigenvalue weighted by Crippen LogP contribution is 2.28. The maximum Gasteiger partial charge on any atom is 0.0192 e. The summed E-state index contributed by atoms with van der Waals surface area (Å²) in [5.74, 6) is 0. The van der Waals surface area contributed by atoms with Gasteiger partial charge in [-0.15, -0.1) is 0 Å². The van der Waals surface area contributed by atoms with Gasteiger partial charge in [-0.1, -0.05) is 13.8 Å². The first-order valence-electron chi connectivity index (χ1n) is 6.08. The van der Waals surface area contributed by atoms with Crippen LogP contribution in [0.5, 0.6) is 0 Å². The second kappa shape index (κ2) is 5.13. The van der Waals surface area contributed by atoms with E-state index in [1.54, 1.807) is 0 Å². The predicted octanol–water partition coefficient (Wildman–Crippen LogP) is 2.25. The van der Waals surface area contributed by atoms with Crippen LogP contribution in [0.1, 0.15) is 47.0 Å². The fourth-order valence-electron chi connectivity index (χ4n) is 2.39. The maximum atomic E-state index is 3.56. The highest BCUT2D eigenvalue weighted by Gasteiger charge is 2.32. The minimum atomic E-state index is 0.433. The number of likely N-dealkylation sites (tertiary alicyclic amines) is 1. The number of likely N-dealkylation sites (N-methyl/N-ethyl adjacent to an activating group) is 1. The van der Waals surface area contributed by atoms with Gasteiger partial charge in [0.25, 0.3) is 0 Å². The van der Waals surface area contributed by atoms with Crippen LogP contribution in [0.2, 0.25) is 0 Å². The van der Waals surface area contributed by atoms with E-state index in [-0.39, 0.29) is 0 Å². The van der Waals surface area contributed by atoms with E-state index >= 15 is 0 Å². The molecule has 84 valence electrons. The van der Waals surface area contributed by atoms with Crippen molar-refractivity contribution in [1.82, 2.24) is 10.2 Å². The van der Waals surface area contributed by atoms with E-state index in [1.807, 2.05) is 0 Å². The van der Waals surface area contributed by atoms with Crippen LogP contribution in [0.4, 0.5) is 0 Å². The zero-order valence-corrected chi connectivity index (χ0v) is 10.3. The van der Waals surface area contributed by atoms with E-state index in [9.17, 15) is 0 Å². The minimum Gasteiger partial charge on any atom is -0.313 e. The van der Waals surface area contributed by atoms with Gasteiger partial charge in [-0.25, -0.2) is 0 Å². The lowest BCUT2D eigenvalue weighted by Crippen LogP contribution is -2.46. The van der Waals surface area contributed by atoms with Crippen LogP contribution in [0.15, 0.2) is 0 Å². The van der Waals surface area contributed by atoms with E-state index in [4.69, 9.17) is 0 Å². The smallest absolute Gasteiger partial charge is 0.0192 e. The summed E-state index contributed by atoms with van der Waals surface area (Å²) in [4.78, 5) is 2.64. The van der Waals surface area contributed by atoms with Crippen molar-refractivity contribution >= 4 is 0 Å². The first kappa shape index (κ1) is 12.0. The monoisotopic (exact) mass is 198 g/mol. The van der Waals surface area contributed by atoms with E-state index < -0.39 is 0 Å². The van der Waals surface area contributed by atoms with Gasteiger partial charge in [-0.05, 0) is 46.2 Å². The largest absolute Gasteiger partial charge is 0.313 e. The molecule has 0 aliphatic carbocycles. The molecule has 1 unspecified atom stereocenters. The molecule has 1 atom stereocenters. The molecule has 0 spiro atoms. The standard InChI is InChI=1S/C12H26N2/c1-5-11(13-6-2)10-14-9-7-8-12(14,3)4/h11,13H,5-10H2,1-4H3. The molecule has 14 heavy (non-hydrogen) atoms. The van der Waals surface area contributed by atoms with Gasteiger partial charge in [-0.3, -0.25) is 4.90 Å². The Labute approximate surface area is 89.1 Å². The predicted molar refractivity (Wildman–Crippen MR) is 62.6 cm³/mol. The van der Waals surface area contributed by atoms with Crippen LogP contribution >= 0.6 is 0 Å². The van der Waals surface area contributed by atoms with E-state index in [0.717, 1.165) is 6.54 Å². The molecule has 1 saturated heterocycles.